The number of carbonyl (C=O) groups excluding carboxylic acids is 1. The molecule has 2 bridgehead atoms. The Kier molecular flexibility index (Phi) is 4.90. The van der Waals surface area contributed by atoms with E-state index in [-0.39, 0.29) is 11.9 Å². The van der Waals surface area contributed by atoms with Crippen molar-refractivity contribution < 1.29 is 4.79 Å². The summed E-state index contributed by atoms with van der Waals surface area (Å²) in [6.07, 6.45) is 4.65. The van der Waals surface area contributed by atoms with Crippen molar-refractivity contribution in [1.82, 2.24) is 14.8 Å². The average molecular weight is 402 g/mol. The molecule has 5 rings (SSSR count). The number of rotatable bonds is 4. The van der Waals surface area contributed by atoms with Crippen molar-refractivity contribution in [2.75, 3.05) is 0 Å². The lowest BCUT2D eigenvalue weighted by Crippen LogP contribution is -2.52. The summed E-state index contributed by atoms with van der Waals surface area (Å²) in [5, 5.41) is 4.46. The molecule has 2 aromatic carbocycles. The number of benzene rings is 2. The van der Waals surface area contributed by atoms with Crippen LogP contribution >= 0.6 is 0 Å². The molecule has 4 heteroatoms. The van der Waals surface area contributed by atoms with Crippen LogP contribution in [0.15, 0.2) is 54.6 Å². The molecule has 3 aromatic rings. The summed E-state index contributed by atoms with van der Waals surface area (Å²) in [7, 11) is 2.06. The van der Waals surface area contributed by atoms with Gasteiger partial charge in [-0.2, -0.15) is 0 Å². The summed E-state index contributed by atoms with van der Waals surface area (Å²) in [6.45, 7) is 4.60. The van der Waals surface area contributed by atoms with E-state index in [0.29, 0.717) is 18.1 Å². The molecule has 2 fully saturated rings. The lowest BCUT2D eigenvalue weighted by atomic mass is 9.95. The van der Waals surface area contributed by atoms with Crippen molar-refractivity contribution in [3.63, 3.8) is 0 Å². The van der Waals surface area contributed by atoms with Crippen LogP contribution in [-0.4, -0.2) is 39.5 Å². The zero-order valence-corrected chi connectivity index (χ0v) is 18.1. The maximum absolute atomic E-state index is 13.6. The van der Waals surface area contributed by atoms with Crippen molar-refractivity contribution in [1.29, 1.82) is 0 Å². The number of piperidine rings is 1. The van der Waals surface area contributed by atoms with Gasteiger partial charge >= 0.3 is 0 Å². The third-order valence-electron chi connectivity index (χ3n) is 7.10. The Morgan fingerprint density at radius 3 is 2.27 bits per heavy atom. The number of amides is 1. The first-order chi connectivity index (χ1) is 14.5. The highest BCUT2D eigenvalue weighted by molar-refractivity contribution is 6.12. The van der Waals surface area contributed by atoms with E-state index in [1.165, 1.54) is 12.8 Å². The number of hydrogen-bond acceptors (Lipinski definition) is 2. The molecule has 2 aliphatic heterocycles. The quantitative estimate of drug-likeness (QED) is 0.669. The number of carbonyl (C=O) groups is 1. The van der Waals surface area contributed by atoms with Crippen LogP contribution in [0.5, 0.6) is 0 Å². The first kappa shape index (κ1) is 19.4. The minimum absolute atomic E-state index is 0.0630. The number of para-hydroxylation sites is 1. The van der Waals surface area contributed by atoms with Crippen LogP contribution in [0.4, 0.5) is 0 Å². The van der Waals surface area contributed by atoms with Gasteiger partial charge in [-0.05, 0) is 51.2 Å². The normalized spacial score (nSPS) is 23.9. The Labute approximate surface area is 178 Å². The fraction of sp³-hybridized carbons (Fsp3) is 0.423. The molecule has 0 saturated carbocycles. The summed E-state index contributed by atoms with van der Waals surface area (Å²) >= 11 is 0. The molecule has 1 amide bonds. The average Bonchev–Trinajstić information content (AvgIpc) is 3.20. The van der Waals surface area contributed by atoms with Crippen LogP contribution < -0.4 is 5.32 Å². The number of aryl methyl sites for hydroxylation is 1. The highest BCUT2D eigenvalue weighted by atomic mass is 16.1. The van der Waals surface area contributed by atoms with Gasteiger partial charge in [0.2, 0.25) is 0 Å². The first-order valence-corrected chi connectivity index (χ1v) is 11.3. The Balaban J connectivity index is 1.49. The molecule has 30 heavy (non-hydrogen) atoms. The van der Waals surface area contributed by atoms with Crippen molar-refractivity contribution in [3.8, 4) is 11.3 Å². The topological polar surface area (TPSA) is 37.3 Å². The van der Waals surface area contributed by atoms with Gasteiger partial charge in [-0.1, -0.05) is 48.5 Å². The largest absolute Gasteiger partial charge is 0.349 e. The van der Waals surface area contributed by atoms with E-state index in [2.05, 4.69) is 59.9 Å². The number of fused-ring (bicyclic) bond motifs is 3. The molecule has 156 valence electrons. The molecule has 0 radical (unpaired) electrons. The van der Waals surface area contributed by atoms with Crippen LogP contribution in [0.3, 0.4) is 0 Å². The molecule has 0 spiro atoms. The van der Waals surface area contributed by atoms with Gasteiger partial charge in [0.15, 0.2) is 0 Å². The predicted molar refractivity (Wildman–Crippen MR) is 123 cm³/mol. The lowest BCUT2D eigenvalue weighted by molar-refractivity contribution is 0.0740. The minimum atomic E-state index is 0.0630. The molecule has 4 nitrogen and oxygen atoms in total. The fourth-order valence-corrected chi connectivity index (χ4v) is 5.99. The van der Waals surface area contributed by atoms with E-state index >= 15 is 0 Å². The third kappa shape index (κ3) is 3.14. The number of aromatic nitrogens is 1. The molecular formula is C26H31N3O. The van der Waals surface area contributed by atoms with E-state index < -0.39 is 0 Å². The Bertz CT molecular complexity index is 1050. The maximum Gasteiger partial charge on any atom is 0.254 e. The molecule has 2 saturated heterocycles. The van der Waals surface area contributed by atoms with Crippen molar-refractivity contribution >= 4 is 16.8 Å². The van der Waals surface area contributed by atoms with E-state index in [0.717, 1.165) is 40.6 Å². The van der Waals surface area contributed by atoms with Gasteiger partial charge in [0.25, 0.3) is 5.91 Å². The second kappa shape index (κ2) is 7.59. The summed E-state index contributed by atoms with van der Waals surface area (Å²) in [5.41, 5.74) is 3.97. The van der Waals surface area contributed by atoms with Crippen molar-refractivity contribution in [2.24, 2.45) is 7.05 Å². The first-order valence-electron chi connectivity index (χ1n) is 11.3. The monoisotopic (exact) mass is 401 g/mol. The third-order valence-corrected chi connectivity index (χ3v) is 7.10. The van der Waals surface area contributed by atoms with Crippen LogP contribution in [0.1, 0.15) is 49.9 Å². The number of nitrogens with zero attached hydrogens (tertiary/aromatic N) is 2. The Morgan fingerprint density at radius 2 is 1.60 bits per heavy atom. The summed E-state index contributed by atoms with van der Waals surface area (Å²) in [5.74, 6) is 0.0630. The zero-order valence-electron chi connectivity index (χ0n) is 18.1. The lowest BCUT2D eigenvalue weighted by Gasteiger charge is -2.41. The van der Waals surface area contributed by atoms with Crippen LogP contribution in [0, 0.1) is 0 Å². The number of nitrogens with one attached hydrogen (secondary N) is 1. The summed E-state index contributed by atoms with van der Waals surface area (Å²) < 4.78 is 2.16. The highest BCUT2D eigenvalue weighted by Gasteiger charge is 2.42. The van der Waals surface area contributed by atoms with E-state index in [1.54, 1.807) is 0 Å². The fourth-order valence-electron chi connectivity index (χ4n) is 5.99. The van der Waals surface area contributed by atoms with Crippen LogP contribution in [0.2, 0.25) is 0 Å². The second-order valence-corrected chi connectivity index (χ2v) is 9.23. The summed E-state index contributed by atoms with van der Waals surface area (Å²) in [6, 6.07) is 20.6. The van der Waals surface area contributed by atoms with Gasteiger partial charge in [-0.15, -0.1) is 0 Å². The molecule has 3 heterocycles. The Hall–Kier alpha value is -2.59. The van der Waals surface area contributed by atoms with E-state index in [4.69, 9.17) is 0 Å². The molecule has 1 N–H and O–H groups in total. The van der Waals surface area contributed by atoms with Gasteiger partial charge in [0.05, 0.1) is 11.3 Å². The molecule has 0 aliphatic carbocycles. The number of hydrogen-bond donors (Lipinski definition) is 1. The SMILES string of the molecule is CC(C)N1C2CCC1CC(NC(=O)c1c(-c3ccccc3)n(C)c3ccccc13)C2. The van der Waals surface area contributed by atoms with Gasteiger partial charge < -0.3 is 9.88 Å². The van der Waals surface area contributed by atoms with Crippen molar-refractivity contribution in [3.05, 3.63) is 60.2 Å². The highest BCUT2D eigenvalue weighted by Crippen LogP contribution is 2.38. The molecule has 2 unspecified atom stereocenters. The van der Waals surface area contributed by atoms with Crippen molar-refractivity contribution in [2.45, 2.75) is 63.7 Å². The van der Waals surface area contributed by atoms with Crippen LogP contribution in [0.25, 0.3) is 22.2 Å². The summed E-state index contributed by atoms with van der Waals surface area (Å²) in [4.78, 5) is 16.3. The van der Waals surface area contributed by atoms with Gasteiger partial charge in [-0.3, -0.25) is 9.69 Å². The molecule has 2 atom stereocenters. The standard InChI is InChI=1S/C26H31N3O/c1-17(2)29-20-13-14-21(29)16-19(15-20)27-26(30)24-22-11-7-8-12-23(22)28(3)25(24)18-9-5-4-6-10-18/h4-12,17,19-21H,13-16H2,1-3H3,(H,27,30). The molecular weight excluding hydrogens is 370 g/mol. The minimum Gasteiger partial charge on any atom is -0.349 e. The van der Waals surface area contributed by atoms with Gasteiger partial charge in [0.1, 0.15) is 0 Å². The second-order valence-electron chi connectivity index (χ2n) is 9.23. The Morgan fingerprint density at radius 1 is 0.967 bits per heavy atom. The van der Waals surface area contributed by atoms with E-state index in [9.17, 15) is 4.79 Å². The van der Waals surface area contributed by atoms with E-state index in [1.807, 2.05) is 30.3 Å². The molecule has 2 aliphatic rings. The maximum atomic E-state index is 13.6. The van der Waals surface area contributed by atoms with Crippen LogP contribution in [-0.2, 0) is 7.05 Å². The zero-order chi connectivity index (χ0) is 20.8. The smallest absolute Gasteiger partial charge is 0.254 e. The van der Waals surface area contributed by atoms with Gasteiger partial charge in [-0.25, -0.2) is 0 Å². The van der Waals surface area contributed by atoms with Gasteiger partial charge in [0, 0.05) is 42.1 Å². The predicted octanol–water partition coefficient (Wildman–Crippen LogP) is 4.98. The molecule has 1 aromatic heterocycles.